The number of fused-ring (bicyclic) bond motifs is 1. The van der Waals surface area contributed by atoms with Crippen molar-refractivity contribution >= 4 is 28.7 Å². The van der Waals surface area contributed by atoms with Gasteiger partial charge in [0.1, 0.15) is 6.07 Å². The van der Waals surface area contributed by atoms with Crippen molar-refractivity contribution in [3.8, 4) is 6.07 Å². The molecule has 1 aliphatic heterocycles. The highest BCUT2D eigenvalue weighted by molar-refractivity contribution is 6.01. The molecule has 3 N–H and O–H groups in total. The summed E-state index contributed by atoms with van der Waals surface area (Å²) < 4.78 is 0. The van der Waals surface area contributed by atoms with Crippen LogP contribution in [0.2, 0.25) is 0 Å². The molecule has 0 aliphatic carbocycles. The molecule has 2 aromatic carbocycles. The fraction of sp³-hybridized carbons (Fsp3) is 0.125. The lowest BCUT2D eigenvalue weighted by molar-refractivity contribution is -0.115. The van der Waals surface area contributed by atoms with Crippen LogP contribution < -0.4 is 16.0 Å². The van der Waals surface area contributed by atoms with Crippen LogP contribution in [0.3, 0.4) is 0 Å². The zero-order valence-electron chi connectivity index (χ0n) is 11.6. The van der Waals surface area contributed by atoms with E-state index in [0.717, 1.165) is 22.6 Å². The fourth-order valence-corrected chi connectivity index (χ4v) is 2.56. The van der Waals surface area contributed by atoms with Crippen molar-refractivity contribution in [2.75, 3.05) is 23.0 Å². The van der Waals surface area contributed by atoms with Crippen LogP contribution in [0.4, 0.5) is 22.7 Å². The minimum atomic E-state index is -0.0263. The van der Waals surface area contributed by atoms with Crippen LogP contribution in [-0.2, 0) is 11.2 Å². The SMILES string of the molecule is CN(c1cc2c(cc1N)CC(=O)N2)c1ccccc1C#N. The first-order valence-electron chi connectivity index (χ1n) is 6.55. The molecule has 1 heterocycles. The highest BCUT2D eigenvalue weighted by atomic mass is 16.1. The number of amides is 1. The largest absolute Gasteiger partial charge is 0.397 e. The predicted octanol–water partition coefficient (Wildman–Crippen LogP) is 2.40. The van der Waals surface area contributed by atoms with Crippen LogP contribution in [0.15, 0.2) is 36.4 Å². The minimum Gasteiger partial charge on any atom is -0.397 e. The van der Waals surface area contributed by atoms with Gasteiger partial charge in [-0.25, -0.2) is 0 Å². The second-order valence-corrected chi connectivity index (χ2v) is 4.98. The number of nitrogens with two attached hydrogens (primary N) is 1. The summed E-state index contributed by atoms with van der Waals surface area (Å²) in [6.07, 6.45) is 0.359. The zero-order chi connectivity index (χ0) is 15.0. The Morgan fingerprint density at radius 3 is 2.81 bits per heavy atom. The van der Waals surface area contributed by atoms with Crippen molar-refractivity contribution in [1.82, 2.24) is 0 Å². The summed E-state index contributed by atoms with van der Waals surface area (Å²) in [5, 5.41) is 12.0. The van der Waals surface area contributed by atoms with Gasteiger partial charge in [0.2, 0.25) is 5.91 Å². The zero-order valence-corrected chi connectivity index (χ0v) is 11.6. The number of nitrogens with zero attached hydrogens (tertiary/aromatic N) is 2. The molecule has 21 heavy (non-hydrogen) atoms. The molecule has 0 aromatic heterocycles. The van der Waals surface area contributed by atoms with E-state index in [1.54, 1.807) is 6.07 Å². The molecule has 3 rings (SSSR count). The van der Waals surface area contributed by atoms with Gasteiger partial charge in [0.05, 0.1) is 29.0 Å². The van der Waals surface area contributed by atoms with E-state index in [4.69, 9.17) is 5.73 Å². The molecule has 1 amide bonds. The summed E-state index contributed by atoms with van der Waals surface area (Å²) in [7, 11) is 1.85. The van der Waals surface area contributed by atoms with Gasteiger partial charge in [0, 0.05) is 12.7 Å². The number of nitrogens with one attached hydrogen (secondary N) is 1. The second kappa shape index (κ2) is 4.84. The maximum atomic E-state index is 11.5. The van der Waals surface area contributed by atoms with Crippen LogP contribution in [-0.4, -0.2) is 13.0 Å². The Hall–Kier alpha value is -3.00. The number of hydrogen-bond acceptors (Lipinski definition) is 4. The van der Waals surface area contributed by atoms with Gasteiger partial charge in [-0.3, -0.25) is 4.79 Å². The lowest BCUT2D eigenvalue weighted by Crippen LogP contribution is -2.13. The number of benzene rings is 2. The first kappa shape index (κ1) is 13.0. The Kier molecular flexibility index (Phi) is 2.99. The van der Waals surface area contributed by atoms with Gasteiger partial charge >= 0.3 is 0 Å². The topological polar surface area (TPSA) is 82.2 Å². The Morgan fingerprint density at radius 1 is 1.29 bits per heavy atom. The van der Waals surface area contributed by atoms with Gasteiger partial charge < -0.3 is 16.0 Å². The number of hydrogen-bond donors (Lipinski definition) is 2. The fourth-order valence-electron chi connectivity index (χ4n) is 2.56. The molecule has 0 saturated carbocycles. The molecular weight excluding hydrogens is 264 g/mol. The van der Waals surface area contributed by atoms with Crippen LogP contribution in [0, 0.1) is 11.3 Å². The van der Waals surface area contributed by atoms with E-state index in [0.29, 0.717) is 17.7 Å². The Balaban J connectivity index is 2.07. The van der Waals surface area contributed by atoms with Gasteiger partial charge in [-0.2, -0.15) is 5.26 Å². The molecule has 104 valence electrons. The molecule has 5 heteroatoms. The third-order valence-corrected chi connectivity index (χ3v) is 3.62. The molecule has 1 aliphatic rings. The van der Waals surface area contributed by atoms with E-state index in [1.165, 1.54) is 0 Å². The third-order valence-electron chi connectivity index (χ3n) is 3.62. The molecule has 0 atom stereocenters. The summed E-state index contributed by atoms with van der Waals surface area (Å²) in [4.78, 5) is 13.3. The van der Waals surface area contributed by atoms with E-state index in [9.17, 15) is 10.1 Å². The lowest BCUT2D eigenvalue weighted by atomic mass is 10.1. The lowest BCUT2D eigenvalue weighted by Gasteiger charge is -2.23. The average molecular weight is 278 g/mol. The normalized spacial score (nSPS) is 12.5. The Morgan fingerprint density at radius 2 is 2.05 bits per heavy atom. The van der Waals surface area contributed by atoms with Crippen molar-refractivity contribution in [2.24, 2.45) is 0 Å². The van der Waals surface area contributed by atoms with Crippen molar-refractivity contribution in [1.29, 1.82) is 5.26 Å². The highest BCUT2D eigenvalue weighted by Crippen LogP contribution is 2.37. The summed E-state index contributed by atoms with van der Waals surface area (Å²) in [5.41, 5.74) is 10.5. The first-order chi connectivity index (χ1) is 10.1. The summed E-state index contributed by atoms with van der Waals surface area (Å²) in [6.45, 7) is 0. The van der Waals surface area contributed by atoms with Crippen LogP contribution in [0.1, 0.15) is 11.1 Å². The predicted molar refractivity (Wildman–Crippen MR) is 82.4 cm³/mol. The van der Waals surface area contributed by atoms with Gasteiger partial charge in [-0.15, -0.1) is 0 Å². The smallest absolute Gasteiger partial charge is 0.228 e. The molecule has 0 unspecified atom stereocenters. The summed E-state index contributed by atoms with van der Waals surface area (Å²) in [6, 6.07) is 13.2. The van der Waals surface area contributed by atoms with Gasteiger partial charge in [-0.05, 0) is 29.8 Å². The molecule has 0 bridgehead atoms. The number of anilines is 4. The third kappa shape index (κ3) is 2.17. The van der Waals surface area contributed by atoms with E-state index in [-0.39, 0.29) is 5.91 Å². The van der Waals surface area contributed by atoms with Crippen molar-refractivity contribution in [3.05, 3.63) is 47.5 Å². The van der Waals surface area contributed by atoms with E-state index < -0.39 is 0 Å². The molecule has 0 radical (unpaired) electrons. The first-order valence-corrected chi connectivity index (χ1v) is 6.55. The molecule has 0 saturated heterocycles. The van der Waals surface area contributed by atoms with Gasteiger partial charge in [-0.1, -0.05) is 12.1 Å². The van der Waals surface area contributed by atoms with E-state index >= 15 is 0 Å². The van der Waals surface area contributed by atoms with Gasteiger partial charge in [0.25, 0.3) is 0 Å². The number of nitriles is 1. The summed E-state index contributed by atoms with van der Waals surface area (Å²) >= 11 is 0. The highest BCUT2D eigenvalue weighted by Gasteiger charge is 2.21. The minimum absolute atomic E-state index is 0.0263. The molecule has 0 spiro atoms. The molecule has 0 fully saturated rings. The number of carbonyl (C=O) groups is 1. The van der Waals surface area contributed by atoms with E-state index in [2.05, 4.69) is 11.4 Å². The Bertz CT molecular complexity index is 776. The van der Waals surface area contributed by atoms with Crippen molar-refractivity contribution < 1.29 is 4.79 Å². The number of carbonyl (C=O) groups excluding carboxylic acids is 1. The van der Waals surface area contributed by atoms with E-state index in [1.807, 2.05) is 42.3 Å². The van der Waals surface area contributed by atoms with Crippen LogP contribution in [0.25, 0.3) is 0 Å². The maximum absolute atomic E-state index is 11.5. The number of para-hydroxylation sites is 1. The maximum Gasteiger partial charge on any atom is 0.228 e. The quantitative estimate of drug-likeness (QED) is 0.826. The second-order valence-electron chi connectivity index (χ2n) is 4.98. The standard InChI is InChI=1S/C16H14N4O/c1-20(14-5-3-2-4-10(14)9-17)15-8-13-11(6-12(15)18)7-16(21)19-13/h2-6,8H,7,18H2,1H3,(H,19,21). The Labute approximate surface area is 122 Å². The summed E-state index contributed by atoms with van der Waals surface area (Å²) in [5.74, 6) is -0.0263. The van der Waals surface area contributed by atoms with Gasteiger partial charge in [0.15, 0.2) is 0 Å². The number of nitrogen functional groups attached to an aromatic ring is 1. The number of rotatable bonds is 2. The monoisotopic (exact) mass is 278 g/mol. The van der Waals surface area contributed by atoms with Crippen molar-refractivity contribution in [3.63, 3.8) is 0 Å². The van der Waals surface area contributed by atoms with Crippen molar-refractivity contribution in [2.45, 2.75) is 6.42 Å². The van der Waals surface area contributed by atoms with Crippen LogP contribution >= 0.6 is 0 Å². The average Bonchev–Trinajstić information content (AvgIpc) is 2.84. The van der Waals surface area contributed by atoms with Crippen LogP contribution in [0.5, 0.6) is 0 Å². The molecule has 5 nitrogen and oxygen atoms in total. The molecule has 2 aromatic rings. The molecular formula is C16H14N4O.